The summed E-state index contributed by atoms with van der Waals surface area (Å²) in [7, 11) is 1.57. The van der Waals surface area contributed by atoms with Crippen molar-refractivity contribution in [2.75, 3.05) is 0 Å². The highest BCUT2D eigenvalue weighted by Crippen LogP contribution is 2.07. The predicted molar refractivity (Wildman–Crippen MR) is 70.1 cm³/mol. The number of aromatic nitrogens is 4. The van der Waals surface area contributed by atoms with E-state index in [0.29, 0.717) is 24.1 Å². The molecule has 19 heavy (non-hydrogen) atoms. The van der Waals surface area contributed by atoms with Gasteiger partial charge in [-0.1, -0.05) is 6.42 Å². The Morgan fingerprint density at radius 3 is 2.84 bits per heavy atom. The normalized spacial score (nSPS) is 11.0. The van der Waals surface area contributed by atoms with Crippen LogP contribution in [0.3, 0.4) is 0 Å². The van der Waals surface area contributed by atoms with E-state index in [4.69, 9.17) is 0 Å². The molecule has 0 amide bonds. The summed E-state index contributed by atoms with van der Waals surface area (Å²) in [4.78, 5) is 39.8. The molecule has 0 fully saturated rings. The van der Waals surface area contributed by atoms with Crippen molar-refractivity contribution in [3.05, 3.63) is 27.2 Å². The minimum Gasteiger partial charge on any atom is -0.325 e. The smallest absolute Gasteiger partial charge is 0.325 e. The van der Waals surface area contributed by atoms with Crippen LogP contribution in [0.2, 0.25) is 0 Å². The minimum absolute atomic E-state index is 0.390. The third-order valence-corrected chi connectivity index (χ3v) is 3.10. The number of nitrogens with one attached hydrogen (secondary N) is 1. The van der Waals surface area contributed by atoms with Crippen molar-refractivity contribution >= 4 is 17.5 Å². The molecule has 0 atom stereocenters. The second-order valence-corrected chi connectivity index (χ2v) is 4.44. The molecule has 2 aromatic heterocycles. The monoisotopic (exact) mass is 264 g/mol. The molecule has 0 aromatic carbocycles. The largest absolute Gasteiger partial charge is 0.329 e. The first-order valence-corrected chi connectivity index (χ1v) is 6.23. The Bertz CT molecular complexity index is 695. The molecule has 102 valence electrons. The highest BCUT2D eigenvalue weighted by Gasteiger charge is 2.10. The van der Waals surface area contributed by atoms with Gasteiger partial charge in [0.05, 0.1) is 6.33 Å². The van der Waals surface area contributed by atoms with Crippen LogP contribution in [0.25, 0.3) is 11.2 Å². The number of fused-ring (bicyclic) bond motifs is 1. The molecule has 0 radical (unpaired) electrons. The highest BCUT2D eigenvalue weighted by atomic mass is 16.2. The minimum atomic E-state index is -0.464. The first kappa shape index (κ1) is 13.3. The van der Waals surface area contributed by atoms with Gasteiger partial charge < -0.3 is 9.36 Å². The molecular weight excluding hydrogens is 248 g/mol. The predicted octanol–water partition coefficient (Wildman–Crippen LogP) is 0.183. The van der Waals surface area contributed by atoms with Gasteiger partial charge in [0, 0.05) is 20.0 Å². The molecule has 7 nitrogen and oxygen atoms in total. The first-order valence-electron chi connectivity index (χ1n) is 6.23. The molecule has 2 aromatic rings. The number of hydrogen-bond acceptors (Lipinski definition) is 4. The lowest BCUT2D eigenvalue weighted by atomic mass is 10.2. The number of rotatable bonds is 6. The molecule has 0 bridgehead atoms. The molecule has 2 heterocycles. The maximum Gasteiger partial charge on any atom is 0.329 e. The van der Waals surface area contributed by atoms with Crippen LogP contribution in [0.5, 0.6) is 0 Å². The average Bonchev–Trinajstić information content (AvgIpc) is 2.80. The summed E-state index contributed by atoms with van der Waals surface area (Å²) in [6.07, 6.45) is 5.68. The molecule has 0 aliphatic carbocycles. The van der Waals surface area contributed by atoms with E-state index in [1.165, 1.54) is 4.57 Å². The number of carbonyl (C=O) groups is 1. The van der Waals surface area contributed by atoms with Crippen molar-refractivity contribution in [3.8, 4) is 0 Å². The third-order valence-electron chi connectivity index (χ3n) is 3.10. The SMILES string of the molecule is Cn1c(=O)[nH]c(=O)c2c1ncn2CCCCCC=O. The number of aryl methyl sites for hydroxylation is 2. The highest BCUT2D eigenvalue weighted by molar-refractivity contribution is 5.69. The Balaban J connectivity index is 2.21. The Morgan fingerprint density at radius 2 is 2.11 bits per heavy atom. The summed E-state index contributed by atoms with van der Waals surface area (Å²) >= 11 is 0. The zero-order chi connectivity index (χ0) is 13.8. The van der Waals surface area contributed by atoms with Crippen LogP contribution in [0.1, 0.15) is 25.7 Å². The van der Waals surface area contributed by atoms with E-state index in [0.717, 1.165) is 25.5 Å². The first-order chi connectivity index (χ1) is 9.15. The van der Waals surface area contributed by atoms with E-state index in [9.17, 15) is 14.4 Å². The molecule has 7 heteroatoms. The zero-order valence-corrected chi connectivity index (χ0v) is 10.8. The third kappa shape index (κ3) is 2.64. The van der Waals surface area contributed by atoms with E-state index >= 15 is 0 Å². The van der Waals surface area contributed by atoms with E-state index in [1.54, 1.807) is 17.9 Å². The number of aromatic amines is 1. The number of unbranched alkanes of at least 4 members (excludes halogenated alkanes) is 3. The van der Waals surface area contributed by atoms with Gasteiger partial charge in [-0.15, -0.1) is 0 Å². The topological polar surface area (TPSA) is 89.8 Å². The van der Waals surface area contributed by atoms with Gasteiger partial charge in [-0.05, 0) is 12.8 Å². The standard InChI is InChI=1S/C12H16N4O3/c1-15-10-9(11(18)14-12(15)19)16(8-13-10)6-4-2-3-5-7-17/h7-8H,2-6H2,1H3,(H,14,18,19). The molecule has 0 aliphatic rings. The maximum atomic E-state index is 11.8. The molecule has 0 unspecified atom stereocenters. The summed E-state index contributed by atoms with van der Waals surface area (Å²) < 4.78 is 3.06. The lowest BCUT2D eigenvalue weighted by molar-refractivity contribution is -0.107. The number of carbonyl (C=O) groups excluding carboxylic acids is 1. The fraction of sp³-hybridized carbons (Fsp3) is 0.500. The quantitative estimate of drug-likeness (QED) is 0.595. The number of aldehydes is 1. The van der Waals surface area contributed by atoms with Crippen LogP contribution < -0.4 is 11.2 Å². The van der Waals surface area contributed by atoms with Crippen molar-refractivity contribution in [2.24, 2.45) is 7.05 Å². The molecule has 1 N–H and O–H groups in total. The van der Waals surface area contributed by atoms with E-state index in [-0.39, 0.29) is 0 Å². The van der Waals surface area contributed by atoms with Crippen LogP contribution in [-0.2, 0) is 18.4 Å². The molecule has 2 rings (SSSR count). The second-order valence-electron chi connectivity index (χ2n) is 4.44. The van der Waals surface area contributed by atoms with Crippen LogP contribution in [0.15, 0.2) is 15.9 Å². The van der Waals surface area contributed by atoms with Crippen molar-refractivity contribution in [2.45, 2.75) is 32.2 Å². The van der Waals surface area contributed by atoms with Crippen molar-refractivity contribution < 1.29 is 4.79 Å². The van der Waals surface area contributed by atoms with Gasteiger partial charge in [0.15, 0.2) is 11.2 Å². The van der Waals surface area contributed by atoms with Gasteiger partial charge in [0.25, 0.3) is 5.56 Å². The summed E-state index contributed by atoms with van der Waals surface area (Å²) in [6.45, 7) is 0.649. The summed E-state index contributed by atoms with van der Waals surface area (Å²) in [5, 5.41) is 0. The lowest BCUT2D eigenvalue weighted by Gasteiger charge is -2.03. The van der Waals surface area contributed by atoms with Crippen molar-refractivity contribution in [3.63, 3.8) is 0 Å². The molecule has 0 aliphatic heterocycles. The number of hydrogen-bond donors (Lipinski definition) is 1. The summed E-state index contributed by atoms with van der Waals surface area (Å²) in [5.41, 5.74) is -0.0728. The Morgan fingerprint density at radius 1 is 1.32 bits per heavy atom. The van der Waals surface area contributed by atoms with Crippen LogP contribution in [-0.4, -0.2) is 25.4 Å². The Kier molecular flexibility index (Phi) is 3.94. The average molecular weight is 264 g/mol. The van der Waals surface area contributed by atoms with Gasteiger partial charge in [0.2, 0.25) is 0 Å². The molecule has 0 saturated carbocycles. The lowest BCUT2D eigenvalue weighted by Crippen LogP contribution is -2.29. The van der Waals surface area contributed by atoms with Crippen LogP contribution in [0.4, 0.5) is 0 Å². The fourth-order valence-electron chi connectivity index (χ4n) is 2.04. The van der Waals surface area contributed by atoms with Crippen molar-refractivity contribution in [1.82, 2.24) is 19.1 Å². The van der Waals surface area contributed by atoms with Gasteiger partial charge in [0.1, 0.15) is 6.29 Å². The summed E-state index contributed by atoms with van der Waals surface area (Å²) in [5.74, 6) is 0. The maximum absolute atomic E-state index is 11.8. The second kappa shape index (κ2) is 5.64. The van der Waals surface area contributed by atoms with E-state index < -0.39 is 11.2 Å². The van der Waals surface area contributed by atoms with E-state index in [2.05, 4.69) is 9.97 Å². The van der Waals surface area contributed by atoms with Gasteiger partial charge >= 0.3 is 5.69 Å². The van der Waals surface area contributed by atoms with Gasteiger partial charge in [-0.3, -0.25) is 14.3 Å². The fourth-order valence-corrected chi connectivity index (χ4v) is 2.04. The Labute approximate surface area is 108 Å². The number of imidazole rings is 1. The van der Waals surface area contributed by atoms with Crippen molar-refractivity contribution in [1.29, 1.82) is 0 Å². The van der Waals surface area contributed by atoms with Crippen LogP contribution >= 0.6 is 0 Å². The number of nitrogens with zero attached hydrogens (tertiary/aromatic N) is 3. The number of H-pyrrole nitrogens is 1. The van der Waals surface area contributed by atoms with E-state index in [1.807, 2.05) is 0 Å². The molecular formula is C12H16N4O3. The zero-order valence-electron chi connectivity index (χ0n) is 10.8. The van der Waals surface area contributed by atoms with Gasteiger partial charge in [-0.25, -0.2) is 9.78 Å². The molecule has 0 saturated heterocycles. The van der Waals surface area contributed by atoms with Gasteiger partial charge in [-0.2, -0.15) is 0 Å². The Hall–Kier alpha value is -2.18. The summed E-state index contributed by atoms with van der Waals surface area (Å²) in [6, 6.07) is 0. The molecule has 0 spiro atoms. The van der Waals surface area contributed by atoms with Crippen LogP contribution in [0, 0.1) is 0 Å².